The summed E-state index contributed by atoms with van der Waals surface area (Å²) in [5.41, 5.74) is 4.61. The minimum atomic E-state index is -0.0875. The molecule has 34 heavy (non-hydrogen) atoms. The van der Waals surface area contributed by atoms with Crippen LogP contribution in [0.15, 0.2) is 48.7 Å². The molecule has 0 spiro atoms. The van der Waals surface area contributed by atoms with Gasteiger partial charge >= 0.3 is 0 Å². The van der Waals surface area contributed by atoms with Gasteiger partial charge in [0.05, 0.1) is 11.6 Å². The molecule has 3 aromatic rings. The van der Waals surface area contributed by atoms with Gasteiger partial charge in [0, 0.05) is 49.1 Å². The van der Waals surface area contributed by atoms with E-state index in [0.717, 1.165) is 87.8 Å². The van der Waals surface area contributed by atoms with Crippen molar-refractivity contribution in [2.45, 2.75) is 51.6 Å². The number of rotatable bonds is 7. The number of nitrogens with one attached hydrogen (secondary N) is 1. The molecule has 2 N–H and O–H groups in total. The highest BCUT2D eigenvalue weighted by Crippen LogP contribution is 2.29. The van der Waals surface area contributed by atoms with Crippen LogP contribution in [0.1, 0.15) is 44.6 Å². The van der Waals surface area contributed by atoms with Crippen molar-refractivity contribution in [3.63, 3.8) is 0 Å². The Labute approximate surface area is 203 Å². The van der Waals surface area contributed by atoms with Crippen LogP contribution in [0.25, 0.3) is 10.9 Å². The Morgan fingerprint density at radius 2 is 1.74 bits per heavy atom. The van der Waals surface area contributed by atoms with Crippen LogP contribution < -0.4 is 10.2 Å². The lowest BCUT2D eigenvalue weighted by Gasteiger charge is -2.35. The Hall–Kier alpha value is -2.70. The van der Waals surface area contributed by atoms with Crippen LogP contribution in [-0.2, 0) is 6.42 Å². The maximum Gasteiger partial charge on any atom is 0.227 e. The Balaban J connectivity index is 1.24. The summed E-state index contributed by atoms with van der Waals surface area (Å²) in [7, 11) is 0. The Kier molecular flexibility index (Phi) is 7.26. The van der Waals surface area contributed by atoms with E-state index in [4.69, 9.17) is 4.98 Å². The smallest absolute Gasteiger partial charge is 0.227 e. The molecular weight excluding hydrogens is 422 g/mol. The minimum absolute atomic E-state index is 0.0875. The van der Waals surface area contributed by atoms with Crippen molar-refractivity contribution < 1.29 is 5.11 Å². The van der Waals surface area contributed by atoms with Crippen molar-refractivity contribution in [3.8, 4) is 0 Å². The minimum Gasteiger partial charge on any atom is -0.393 e. The molecule has 0 bridgehead atoms. The highest BCUT2D eigenvalue weighted by molar-refractivity contribution is 5.82. The van der Waals surface area contributed by atoms with Crippen LogP contribution in [0.5, 0.6) is 0 Å². The third-order valence-electron chi connectivity index (χ3n) is 7.64. The number of piperazine rings is 1. The van der Waals surface area contributed by atoms with E-state index in [1.54, 1.807) is 0 Å². The van der Waals surface area contributed by atoms with Crippen molar-refractivity contribution in [1.29, 1.82) is 0 Å². The van der Waals surface area contributed by atoms with Crippen LogP contribution in [0.3, 0.4) is 0 Å². The van der Waals surface area contributed by atoms with Gasteiger partial charge in [-0.1, -0.05) is 25.1 Å². The van der Waals surface area contributed by atoms with Crippen LogP contribution in [0.2, 0.25) is 0 Å². The van der Waals surface area contributed by atoms with Gasteiger partial charge in [-0.05, 0) is 80.8 Å². The number of hydrogen-bond donors (Lipinski definition) is 2. The quantitative estimate of drug-likeness (QED) is 0.518. The monoisotopic (exact) mass is 459 g/mol. The molecule has 6 heteroatoms. The largest absolute Gasteiger partial charge is 0.393 e. The summed E-state index contributed by atoms with van der Waals surface area (Å²) in [4.78, 5) is 14.4. The second-order valence-corrected chi connectivity index (χ2v) is 9.85. The zero-order chi connectivity index (χ0) is 23.3. The van der Waals surface area contributed by atoms with Gasteiger partial charge in [-0.2, -0.15) is 0 Å². The highest BCUT2D eigenvalue weighted by Gasteiger charge is 2.20. The molecule has 1 aliphatic carbocycles. The summed E-state index contributed by atoms with van der Waals surface area (Å²) in [6.07, 6.45) is 8.19. The lowest BCUT2D eigenvalue weighted by Crippen LogP contribution is -2.46. The molecule has 1 saturated carbocycles. The molecule has 2 aliphatic rings. The third-order valence-corrected chi connectivity index (χ3v) is 7.64. The second kappa shape index (κ2) is 10.7. The van der Waals surface area contributed by atoms with Gasteiger partial charge < -0.3 is 20.2 Å². The Morgan fingerprint density at radius 1 is 0.971 bits per heavy atom. The molecule has 1 aromatic heterocycles. The summed E-state index contributed by atoms with van der Waals surface area (Å²) < 4.78 is 0. The average molecular weight is 460 g/mol. The van der Waals surface area contributed by atoms with Crippen molar-refractivity contribution in [3.05, 3.63) is 54.2 Å². The number of anilines is 3. The van der Waals surface area contributed by atoms with E-state index in [-0.39, 0.29) is 6.10 Å². The predicted octanol–water partition coefficient (Wildman–Crippen LogP) is 5.00. The molecule has 1 aliphatic heterocycles. The lowest BCUT2D eigenvalue weighted by molar-refractivity contribution is 0.106. The SMILES string of the molecule is CCN1CCN(c2ccc(Nc3ncc4cccc(CCC5CCC(O)CC5)c4n3)cc2)CC1. The first-order valence-electron chi connectivity index (χ1n) is 12.9. The molecule has 0 unspecified atom stereocenters. The van der Waals surface area contributed by atoms with E-state index in [2.05, 4.69) is 69.5 Å². The maximum absolute atomic E-state index is 9.78. The zero-order valence-corrected chi connectivity index (χ0v) is 20.3. The lowest BCUT2D eigenvalue weighted by atomic mass is 9.84. The van der Waals surface area contributed by atoms with E-state index in [1.165, 1.54) is 11.3 Å². The number of aryl methyl sites for hydroxylation is 1. The molecule has 180 valence electrons. The van der Waals surface area contributed by atoms with Crippen molar-refractivity contribution in [2.75, 3.05) is 42.9 Å². The number of likely N-dealkylation sites (N-methyl/N-ethyl adjacent to an activating group) is 1. The van der Waals surface area contributed by atoms with E-state index >= 15 is 0 Å². The summed E-state index contributed by atoms with van der Waals surface area (Å²) in [5, 5.41) is 14.3. The number of benzene rings is 2. The van der Waals surface area contributed by atoms with Gasteiger partial charge in [-0.15, -0.1) is 0 Å². The fourth-order valence-corrected chi connectivity index (χ4v) is 5.38. The molecule has 0 radical (unpaired) electrons. The van der Waals surface area contributed by atoms with Gasteiger partial charge in [-0.25, -0.2) is 9.97 Å². The number of nitrogens with zero attached hydrogens (tertiary/aromatic N) is 4. The number of para-hydroxylation sites is 1. The molecule has 6 nitrogen and oxygen atoms in total. The van der Waals surface area contributed by atoms with Crippen LogP contribution >= 0.6 is 0 Å². The Morgan fingerprint density at radius 3 is 2.47 bits per heavy atom. The molecule has 2 aromatic carbocycles. The number of hydrogen-bond acceptors (Lipinski definition) is 6. The fraction of sp³-hybridized carbons (Fsp3) is 0.500. The third kappa shape index (κ3) is 5.50. The van der Waals surface area contributed by atoms with E-state index in [9.17, 15) is 5.11 Å². The number of fused-ring (bicyclic) bond motifs is 1. The molecule has 2 fully saturated rings. The summed E-state index contributed by atoms with van der Waals surface area (Å²) in [6, 6.07) is 15.0. The first kappa shape index (κ1) is 23.1. The van der Waals surface area contributed by atoms with Crippen molar-refractivity contribution in [1.82, 2.24) is 14.9 Å². The first-order valence-corrected chi connectivity index (χ1v) is 12.9. The zero-order valence-electron chi connectivity index (χ0n) is 20.3. The molecule has 2 heterocycles. The number of aliphatic hydroxyl groups is 1. The summed E-state index contributed by atoms with van der Waals surface area (Å²) >= 11 is 0. The molecule has 5 rings (SSSR count). The number of aromatic nitrogens is 2. The first-order chi connectivity index (χ1) is 16.7. The standard InChI is InChI=1S/C28H37N5O/c1-2-32-16-18-33(19-17-32)25-12-10-24(11-13-25)30-28-29-20-23-5-3-4-22(27(23)31-28)9-6-21-7-14-26(34)15-8-21/h3-5,10-13,20-21,26,34H,2,6-9,14-19H2,1H3,(H,29,30,31). The highest BCUT2D eigenvalue weighted by atomic mass is 16.3. The molecular formula is C28H37N5O. The molecule has 0 amide bonds. The van der Waals surface area contributed by atoms with E-state index in [1.807, 2.05) is 6.20 Å². The normalized spacial score (nSPS) is 21.6. The van der Waals surface area contributed by atoms with Gasteiger partial charge in [-0.3, -0.25) is 0 Å². The predicted molar refractivity (Wildman–Crippen MR) is 140 cm³/mol. The molecule has 0 atom stereocenters. The molecule has 1 saturated heterocycles. The topological polar surface area (TPSA) is 64.5 Å². The van der Waals surface area contributed by atoms with E-state index in [0.29, 0.717) is 11.9 Å². The Bertz CT molecular complexity index is 1070. The van der Waals surface area contributed by atoms with Crippen molar-refractivity contribution in [2.24, 2.45) is 5.92 Å². The maximum atomic E-state index is 9.78. The van der Waals surface area contributed by atoms with Crippen LogP contribution in [0, 0.1) is 5.92 Å². The van der Waals surface area contributed by atoms with Gasteiger partial charge in [0.15, 0.2) is 0 Å². The van der Waals surface area contributed by atoms with E-state index < -0.39 is 0 Å². The fourth-order valence-electron chi connectivity index (χ4n) is 5.38. The summed E-state index contributed by atoms with van der Waals surface area (Å²) in [5.74, 6) is 1.35. The van der Waals surface area contributed by atoms with Crippen molar-refractivity contribution >= 4 is 28.2 Å². The number of aliphatic hydroxyl groups excluding tert-OH is 1. The summed E-state index contributed by atoms with van der Waals surface area (Å²) in [6.45, 7) is 7.79. The second-order valence-electron chi connectivity index (χ2n) is 9.85. The average Bonchev–Trinajstić information content (AvgIpc) is 2.89. The van der Waals surface area contributed by atoms with Gasteiger partial charge in [0.2, 0.25) is 5.95 Å². The van der Waals surface area contributed by atoms with Gasteiger partial charge in [0.1, 0.15) is 0 Å². The van der Waals surface area contributed by atoms with Crippen LogP contribution in [-0.4, -0.2) is 58.8 Å². The van der Waals surface area contributed by atoms with Crippen LogP contribution in [0.4, 0.5) is 17.3 Å². The van der Waals surface area contributed by atoms with Gasteiger partial charge in [0.25, 0.3) is 0 Å².